The molecule has 0 unspecified atom stereocenters. The van der Waals surface area contributed by atoms with Crippen LogP contribution in [0.2, 0.25) is 0 Å². The van der Waals surface area contributed by atoms with Gasteiger partial charge in [-0.25, -0.2) is 4.98 Å². The van der Waals surface area contributed by atoms with Gasteiger partial charge in [0.15, 0.2) is 0 Å². The van der Waals surface area contributed by atoms with Crippen LogP contribution >= 0.6 is 0 Å². The smallest absolute Gasteiger partial charge is 0.0931 e. The lowest BCUT2D eigenvalue weighted by atomic mass is 9.68. The van der Waals surface area contributed by atoms with Crippen molar-refractivity contribution in [1.82, 2.24) is 19.8 Å². The lowest BCUT2D eigenvalue weighted by molar-refractivity contribution is 0.120. The van der Waals surface area contributed by atoms with Crippen molar-refractivity contribution in [2.75, 3.05) is 26.2 Å². The highest BCUT2D eigenvalue weighted by atomic mass is 15.3. The predicted octanol–water partition coefficient (Wildman–Crippen LogP) is 5.52. The number of nitrogens with one attached hydrogen (secondary N) is 1. The molecule has 0 bridgehead atoms. The van der Waals surface area contributed by atoms with E-state index in [4.69, 9.17) is 0 Å². The average Bonchev–Trinajstić information content (AvgIpc) is 3.24. The van der Waals surface area contributed by atoms with Crippen LogP contribution in [0.15, 0.2) is 67.6 Å². The summed E-state index contributed by atoms with van der Waals surface area (Å²) < 4.78 is 0. The number of hydrogen-bond donors (Lipinski definition) is 1. The van der Waals surface area contributed by atoms with E-state index in [-0.39, 0.29) is 0 Å². The molecule has 2 fully saturated rings. The summed E-state index contributed by atoms with van der Waals surface area (Å²) >= 11 is 0. The fourth-order valence-electron chi connectivity index (χ4n) is 4.78. The number of rotatable bonds is 5. The van der Waals surface area contributed by atoms with Crippen molar-refractivity contribution >= 4 is 16.7 Å². The normalized spacial score (nSPS) is 18.3. The number of aromatic nitrogens is 2. The maximum Gasteiger partial charge on any atom is 0.0931 e. The first-order chi connectivity index (χ1) is 14.5. The van der Waals surface area contributed by atoms with Gasteiger partial charge in [0, 0.05) is 43.0 Å². The number of H-pyrrole nitrogens is 1. The molecule has 0 atom stereocenters. The number of imidazole rings is 1. The van der Waals surface area contributed by atoms with Gasteiger partial charge in [-0.1, -0.05) is 56.8 Å². The second-order valence-electron chi connectivity index (χ2n) is 8.99. The van der Waals surface area contributed by atoms with Gasteiger partial charge < -0.3 is 14.8 Å². The number of nitrogens with zero attached hydrogens (tertiary/aromatic N) is 3. The molecule has 4 heteroatoms. The van der Waals surface area contributed by atoms with Crippen LogP contribution in [-0.4, -0.2) is 45.9 Å². The first kappa shape index (κ1) is 19.0. The lowest BCUT2D eigenvalue weighted by Gasteiger charge is -2.48. The second-order valence-corrected chi connectivity index (χ2v) is 8.99. The van der Waals surface area contributed by atoms with Crippen LogP contribution in [0, 0.1) is 5.41 Å². The van der Waals surface area contributed by atoms with Crippen molar-refractivity contribution < 1.29 is 0 Å². The molecule has 2 heterocycles. The third-order valence-corrected chi connectivity index (χ3v) is 7.17. The highest BCUT2D eigenvalue weighted by Gasteiger charge is 2.37. The Bertz CT molecular complexity index is 1080. The average molecular weight is 399 g/mol. The Labute approximate surface area is 178 Å². The summed E-state index contributed by atoms with van der Waals surface area (Å²) in [5.74, 6) is 0. The summed E-state index contributed by atoms with van der Waals surface area (Å²) in [7, 11) is 0. The Hall–Kier alpha value is -3.01. The number of hydrogen-bond acceptors (Lipinski definition) is 3. The fourth-order valence-corrected chi connectivity index (χ4v) is 4.78. The lowest BCUT2D eigenvalue weighted by Crippen LogP contribution is -2.48. The van der Waals surface area contributed by atoms with Crippen molar-refractivity contribution in [3.63, 3.8) is 0 Å². The topological polar surface area (TPSA) is 35.2 Å². The van der Waals surface area contributed by atoms with E-state index in [2.05, 4.69) is 82.3 Å². The number of fused-ring (bicyclic) bond motifs is 1. The molecule has 154 valence electrons. The molecular weight excluding hydrogens is 368 g/mol. The molecule has 1 aliphatic carbocycles. The molecule has 0 radical (unpaired) electrons. The fraction of sp³-hybridized carbons (Fsp3) is 0.346. The molecule has 0 amide bonds. The van der Waals surface area contributed by atoms with E-state index < -0.39 is 0 Å². The standard InChI is InChI=1S/C26H30N4/c1-19(29-13-15-30(16-14-29)20(2)26(3)11-4-12-26)21-5-7-22(8-6-21)23-9-10-24-25(17-23)28-18-27-24/h5-10,17-18H,1-2,4,11-16H2,3H3,(H,27,28). The summed E-state index contributed by atoms with van der Waals surface area (Å²) in [5.41, 5.74) is 8.46. The maximum atomic E-state index is 4.43. The first-order valence-corrected chi connectivity index (χ1v) is 11.0. The molecule has 2 aromatic carbocycles. The largest absolute Gasteiger partial charge is 0.371 e. The molecule has 2 aliphatic rings. The predicted molar refractivity (Wildman–Crippen MR) is 125 cm³/mol. The summed E-state index contributed by atoms with van der Waals surface area (Å²) in [4.78, 5) is 12.4. The van der Waals surface area contributed by atoms with Crippen LogP contribution in [0.3, 0.4) is 0 Å². The van der Waals surface area contributed by atoms with Crippen molar-refractivity contribution in [1.29, 1.82) is 0 Å². The van der Waals surface area contributed by atoms with Crippen LogP contribution in [0.5, 0.6) is 0 Å². The van der Waals surface area contributed by atoms with Gasteiger partial charge in [-0.3, -0.25) is 0 Å². The highest BCUT2D eigenvalue weighted by molar-refractivity contribution is 5.81. The third kappa shape index (κ3) is 3.30. The Morgan fingerprint density at radius 2 is 1.60 bits per heavy atom. The van der Waals surface area contributed by atoms with Crippen LogP contribution in [0.25, 0.3) is 27.9 Å². The highest BCUT2D eigenvalue weighted by Crippen LogP contribution is 2.47. The molecule has 30 heavy (non-hydrogen) atoms. The Morgan fingerprint density at radius 3 is 2.27 bits per heavy atom. The third-order valence-electron chi connectivity index (χ3n) is 7.17. The van der Waals surface area contributed by atoms with E-state index in [0.29, 0.717) is 5.41 Å². The molecule has 4 nitrogen and oxygen atoms in total. The van der Waals surface area contributed by atoms with Crippen molar-refractivity contribution in [2.45, 2.75) is 26.2 Å². The van der Waals surface area contributed by atoms with Crippen molar-refractivity contribution in [3.05, 3.63) is 73.2 Å². The van der Waals surface area contributed by atoms with Crippen molar-refractivity contribution in [3.8, 4) is 11.1 Å². The summed E-state index contributed by atoms with van der Waals surface area (Å²) in [5, 5.41) is 0. The Kier molecular flexibility index (Phi) is 4.65. The van der Waals surface area contributed by atoms with E-state index in [9.17, 15) is 0 Å². The van der Waals surface area contributed by atoms with Gasteiger partial charge in [0.25, 0.3) is 0 Å². The van der Waals surface area contributed by atoms with Crippen LogP contribution in [0.4, 0.5) is 0 Å². The minimum Gasteiger partial charge on any atom is -0.371 e. The molecule has 1 aliphatic heterocycles. The number of benzene rings is 2. The zero-order valence-corrected chi connectivity index (χ0v) is 17.8. The van der Waals surface area contributed by atoms with Crippen molar-refractivity contribution in [2.24, 2.45) is 5.41 Å². The molecule has 1 saturated heterocycles. The first-order valence-electron chi connectivity index (χ1n) is 11.0. The summed E-state index contributed by atoms with van der Waals surface area (Å²) in [6, 6.07) is 15.1. The number of aromatic amines is 1. The monoisotopic (exact) mass is 398 g/mol. The van der Waals surface area contributed by atoms with E-state index in [0.717, 1.165) is 42.9 Å². The molecule has 5 rings (SSSR count). The summed E-state index contributed by atoms with van der Waals surface area (Å²) in [6.07, 6.45) is 5.66. The van der Waals surface area contributed by atoms with Gasteiger partial charge in [0.2, 0.25) is 0 Å². The van der Waals surface area contributed by atoms with Gasteiger partial charge in [-0.05, 0) is 41.7 Å². The Balaban J connectivity index is 1.24. The number of piperazine rings is 1. The van der Waals surface area contributed by atoms with Crippen LogP contribution < -0.4 is 0 Å². The van der Waals surface area contributed by atoms with Gasteiger partial charge in [-0.15, -0.1) is 0 Å². The minimum absolute atomic E-state index is 0.341. The van der Waals surface area contributed by atoms with E-state index in [1.807, 2.05) is 0 Å². The molecule has 3 aromatic rings. The SMILES string of the molecule is C=C(c1ccc(-c2ccc3nc[nH]c3c2)cc1)N1CCN(C(=C)C2(C)CCC2)CC1. The quantitative estimate of drug-likeness (QED) is 0.614. The van der Waals surface area contributed by atoms with Gasteiger partial charge in [-0.2, -0.15) is 0 Å². The van der Waals surface area contributed by atoms with E-state index in [1.54, 1.807) is 6.33 Å². The molecular formula is C26H30N4. The van der Waals surface area contributed by atoms with E-state index >= 15 is 0 Å². The Morgan fingerprint density at radius 1 is 0.933 bits per heavy atom. The zero-order valence-electron chi connectivity index (χ0n) is 17.8. The molecule has 1 aromatic heterocycles. The second kappa shape index (κ2) is 7.35. The molecule has 1 N–H and O–H groups in total. The van der Waals surface area contributed by atoms with E-state index in [1.165, 1.54) is 41.6 Å². The van der Waals surface area contributed by atoms with Gasteiger partial charge >= 0.3 is 0 Å². The summed E-state index contributed by atoms with van der Waals surface area (Å²) in [6.45, 7) is 15.3. The minimum atomic E-state index is 0.341. The van der Waals surface area contributed by atoms with Gasteiger partial charge in [0.05, 0.1) is 17.4 Å². The maximum absolute atomic E-state index is 4.43. The van der Waals surface area contributed by atoms with Gasteiger partial charge in [0.1, 0.15) is 0 Å². The molecule has 0 spiro atoms. The van der Waals surface area contributed by atoms with Crippen LogP contribution in [-0.2, 0) is 0 Å². The number of allylic oxidation sites excluding steroid dienone is 1. The molecule has 1 saturated carbocycles. The zero-order chi connectivity index (χ0) is 20.7. The van der Waals surface area contributed by atoms with Crippen LogP contribution in [0.1, 0.15) is 31.7 Å².